The maximum atomic E-state index is 12.8. The van der Waals surface area contributed by atoms with Gasteiger partial charge in [-0.1, -0.05) is 0 Å². The molecular formula is C14H11F3N4O3. The van der Waals surface area contributed by atoms with E-state index in [-0.39, 0.29) is 23.5 Å². The van der Waals surface area contributed by atoms with Crippen molar-refractivity contribution in [3.8, 4) is 0 Å². The Labute approximate surface area is 132 Å². The lowest BCUT2D eigenvalue weighted by Crippen LogP contribution is -2.35. The predicted octanol–water partition coefficient (Wildman–Crippen LogP) is 0.484. The Morgan fingerprint density at radius 1 is 1.38 bits per heavy atom. The minimum Gasteiger partial charge on any atom is -0.274 e. The molecule has 2 aliphatic rings. The molecule has 1 N–H and O–H groups in total. The molecule has 126 valence electrons. The third-order valence-electron chi connectivity index (χ3n) is 3.91. The molecule has 0 radical (unpaired) electrons. The van der Waals surface area contributed by atoms with Gasteiger partial charge in [-0.05, 0) is 24.0 Å². The molecule has 0 saturated heterocycles. The van der Waals surface area contributed by atoms with Crippen LogP contribution in [0, 0.1) is 11.8 Å². The van der Waals surface area contributed by atoms with E-state index in [1.165, 1.54) is 13.1 Å². The van der Waals surface area contributed by atoms with Crippen molar-refractivity contribution in [2.45, 2.75) is 12.6 Å². The molecule has 2 atom stereocenters. The van der Waals surface area contributed by atoms with Crippen molar-refractivity contribution in [3.63, 3.8) is 0 Å². The lowest BCUT2D eigenvalue weighted by atomic mass is 10.0. The highest BCUT2D eigenvalue weighted by Crippen LogP contribution is 2.55. The first-order valence-corrected chi connectivity index (χ1v) is 6.91. The molecule has 7 nitrogen and oxygen atoms in total. The first kappa shape index (κ1) is 16.0. The monoisotopic (exact) mass is 340 g/mol. The van der Waals surface area contributed by atoms with Gasteiger partial charge in [0.05, 0.1) is 5.92 Å². The summed E-state index contributed by atoms with van der Waals surface area (Å²) in [5, 5.41) is 5.05. The first-order valence-electron chi connectivity index (χ1n) is 6.91. The van der Waals surface area contributed by atoms with Crippen LogP contribution in [-0.2, 0) is 4.79 Å². The van der Waals surface area contributed by atoms with Gasteiger partial charge in [0.15, 0.2) is 11.8 Å². The fourth-order valence-electron chi connectivity index (χ4n) is 2.65. The minimum atomic E-state index is -4.36. The van der Waals surface area contributed by atoms with Gasteiger partial charge in [-0.25, -0.2) is 9.59 Å². The number of hydrogen-bond donors (Lipinski definition) is 1. The number of allylic oxidation sites excluding steroid dienone is 2. The molecule has 0 amide bonds. The van der Waals surface area contributed by atoms with Gasteiger partial charge in [0.2, 0.25) is 0 Å². The van der Waals surface area contributed by atoms with E-state index in [1.807, 2.05) is 4.98 Å². The molecule has 3 rings (SSSR count). The topological polar surface area (TPSA) is 87.5 Å². The summed E-state index contributed by atoms with van der Waals surface area (Å²) in [6, 6.07) is 1.08. The molecule has 1 fully saturated rings. The van der Waals surface area contributed by atoms with E-state index in [0.29, 0.717) is 0 Å². The van der Waals surface area contributed by atoms with Crippen molar-refractivity contribution in [3.05, 3.63) is 50.4 Å². The number of nitrogens with one attached hydrogen (secondary N) is 1. The average Bonchev–Trinajstić information content (AvgIpc) is 3.26. The van der Waals surface area contributed by atoms with E-state index < -0.39 is 29.3 Å². The lowest BCUT2D eigenvalue weighted by Gasteiger charge is -2.23. The van der Waals surface area contributed by atoms with Crippen molar-refractivity contribution < 1.29 is 18.0 Å². The highest BCUT2D eigenvalue weighted by Gasteiger charge is 2.58. The molecule has 1 aliphatic carbocycles. The highest BCUT2D eigenvalue weighted by molar-refractivity contribution is 5.97. The van der Waals surface area contributed by atoms with Gasteiger partial charge in [-0.2, -0.15) is 18.3 Å². The van der Waals surface area contributed by atoms with Gasteiger partial charge in [0, 0.05) is 19.3 Å². The molecule has 0 bridgehead atoms. The second kappa shape index (κ2) is 5.34. The molecule has 1 aliphatic heterocycles. The lowest BCUT2D eigenvalue weighted by molar-refractivity contribution is -0.149. The Hall–Kier alpha value is -2.87. The van der Waals surface area contributed by atoms with Crippen LogP contribution in [0.2, 0.25) is 0 Å². The summed E-state index contributed by atoms with van der Waals surface area (Å²) in [6.07, 6.45) is -2.09. The summed E-state index contributed by atoms with van der Waals surface area (Å²) in [6.45, 7) is 0. The summed E-state index contributed by atoms with van der Waals surface area (Å²) in [5.41, 5.74) is -1.38. The van der Waals surface area contributed by atoms with Gasteiger partial charge in [-0.3, -0.25) is 19.4 Å². The molecule has 0 aromatic carbocycles. The largest absolute Gasteiger partial charge is 0.392 e. The normalized spacial score (nSPS) is 23.5. The van der Waals surface area contributed by atoms with E-state index >= 15 is 0 Å². The summed E-state index contributed by atoms with van der Waals surface area (Å²) in [5.74, 6) is -0.819. The third kappa shape index (κ3) is 2.71. The SMILES string of the molecule is CN1N=C(n2ccc(=O)[nH]c2=O)C=C(C2CC2C(F)(F)F)C1=C=O. The van der Waals surface area contributed by atoms with Crippen LogP contribution in [0.4, 0.5) is 13.2 Å². The highest BCUT2D eigenvalue weighted by atomic mass is 19.4. The van der Waals surface area contributed by atoms with E-state index in [0.717, 1.165) is 21.8 Å². The minimum absolute atomic E-state index is 0.000532. The number of nitrogens with zero attached hydrogens (tertiary/aromatic N) is 3. The summed E-state index contributed by atoms with van der Waals surface area (Å²) >= 11 is 0. The number of hydrazone groups is 1. The van der Waals surface area contributed by atoms with Crippen LogP contribution in [0.5, 0.6) is 0 Å². The molecular weight excluding hydrogens is 329 g/mol. The van der Waals surface area contributed by atoms with Gasteiger partial charge in [0.1, 0.15) is 5.70 Å². The molecule has 1 aromatic heterocycles. The maximum absolute atomic E-state index is 12.8. The summed E-state index contributed by atoms with van der Waals surface area (Å²) in [7, 11) is 1.37. The van der Waals surface area contributed by atoms with Crippen molar-refractivity contribution in [1.82, 2.24) is 14.6 Å². The van der Waals surface area contributed by atoms with E-state index in [9.17, 15) is 27.6 Å². The standard InChI is InChI=1S/C14H11F3N4O3/c1-20-10(6-22)8(7-4-9(7)14(15,16)17)5-11(19-20)21-3-2-12(23)18-13(21)24/h2-3,5,7,9H,4H2,1H3,(H,18,23,24). The van der Waals surface area contributed by atoms with Gasteiger partial charge in [0.25, 0.3) is 5.56 Å². The zero-order valence-electron chi connectivity index (χ0n) is 12.3. The summed E-state index contributed by atoms with van der Waals surface area (Å²) < 4.78 is 39.5. The number of H-pyrrole nitrogens is 1. The number of hydrogen-bond acceptors (Lipinski definition) is 5. The van der Waals surface area contributed by atoms with Crippen LogP contribution >= 0.6 is 0 Å². The zero-order valence-corrected chi connectivity index (χ0v) is 12.3. The second-order valence-electron chi connectivity index (χ2n) is 5.50. The number of aromatic nitrogens is 2. The van der Waals surface area contributed by atoms with Crippen LogP contribution < -0.4 is 11.2 Å². The van der Waals surface area contributed by atoms with Crippen LogP contribution in [-0.4, -0.2) is 39.6 Å². The Kier molecular flexibility index (Phi) is 3.56. The summed E-state index contributed by atoms with van der Waals surface area (Å²) in [4.78, 5) is 36.1. The van der Waals surface area contributed by atoms with E-state index in [2.05, 4.69) is 5.10 Å². The molecule has 0 spiro atoms. The van der Waals surface area contributed by atoms with Crippen LogP contribution in [0.1, 0.15) is 6.42 Å². The number of likely N-dealkylation sites (N-methyl/N-ethyl adjacent to an activating group) is 1. The molecule has 2 heterocycles. The van der Waals surface area contributed by atoms with Gasteiger partial charge < -0.3 is 0 Å². The average molecular weight is 340 g/mol. The van der Waals surface area contributed by atoms with Crippen LogP contribution in [0.15, 0.2) is 44.3 Å². The predicted molar refractivity (Wildman–Crippen MR) is 76.9 cm³/mol. The van der Waals surface area contributed by atoms with Crippen molar-refractivity contribution in [1.29, 1.82) is 0 Å². The molecule has 1 saturated carbocycles. The van der Waals surface area contributed by atoms with Crippen LogP contribution in [0.25, 0.3) is 0 Å². The molecule has 1 aromatic rings. The number of halogens is 3. The van der Waals surface area contributed by atoms with Gasteiger partial charge in [-0.15, -0.1) is 0 Å². The van der Waals surface area contributed by atoms with Crippen molar-refractivity contribution in [2.24, 2.45) is 16.9 Å². The first-order chi connectivity index (χ1) is 11.2. The smallest absolute Gasteiger partial charge is 0.274 e. The number of rotatable bonds is 1. The van der Waals surface area contributed by atoms with Crippen LogP contribution in [0.3, 0.4) is 0 Å². The Morgan fingerprint density at radius 2 is 2.08 bits per heavy atom. The third-order valence-corrected chi connectivity index (χ3v) is 3.91. The van der Waals surface area contributed by atoms with Gasteiger partial charge >= 0.3 is 11.9 Å². The van der Waals surface area contributed by atoms with E-state index in [4.69, 9.17) is 0 Å². The second-order valence-corrected chi connectivity index (χ2v) is 5.50. The quantitative estimate of drug-likeness (QED) is 0.754. The molecule has 24 heavy (non-hydrogen) atoms. The number of alkyl halides is 3. The zero-order chi connectivity index (χ0) is 17.6. The van der Waals surface area contributed by atoms with E-state index in [1.54, 1.807) is 5.94 Å². The van der Waals surface area contributed by atoms with Crippen molar-refractivity contribution in [2.75, 3.05) is 7.05 Å². The Morgan fingerprint density at radius 3 is 2.62 bits per heavy atom. The molecule has 2 unspecified atom stereocenters. The van der Waals surface area contributed by atoms with Crippen molar-refractivity contribution >= 4 is 11.8 Å². The molecule has 10 heteroatoms. The fourth-order valence-corrected chi connectivity index (χ4v) is 2.65. The number of aromatic amines is 1. The fraction of sp³-hybridized carbons (Fsp3) is 0.357. The Bertz CT molecular complexity index is 918. The Balaban J connectivity index is 2.05. The number of carbonyl (C=O) groups excluding carboxylic acids is 1. The maximum Gasteiger partial charge on any atom is 0.392 e.